The summed E-state index contributed by atoms with van der Waals surface area (Å²) in [5, 5.41) is 18.3. The van der Waals surface area contributed by atoms with Crippen molar-refractivity contribution < 1.29 is 47.8 Å². The first-order chi connectivity index (χ1) is 24.7. The molecule has 0 spiro atoms. The third kappa shape index (κ3) is 36.8. The highest BCUT2D eigenvalue weighted by Crippen LogP contribution is 2.43. The highest BCUT2D eigenvalue weighted by molar-refractivity contribution is 7.47. The summed E-state index contributed by atoms with van der Waals surface area (Å²) in [6.07, 6.45) is 33.2. The Kier molecular flexibility index (Phi) is 36.1. The van der Waals surface area contributed by atoms with Crippen LogP contribution in [0, 0.1) is 0 Å². The number of rotatable bonds is 39. The van der Waals surface area contributed by atoms with Crippen LogP contribution in [0.5, 0.6) is 0 Å². The summed E-state index contributed by atoms with van der Waals surface area (Å²) in [7, 11) is -4.61. The molecular formula is C40H77O10P. The van der Waals surface area contributed by atoms with E-state index in [9.17, 15) is 24.2 Å². The quantitative estimate of drug-likeness (QED) is 0.0240. The fourth-order valence-corrected chi connectivity index (χ4v) is 6.48. The molecule has 0 aromatic heterocycles. The number of esters is 2. The minimum absolute atomic E-state index is 0.178. The largest absolute Gasteiger partial charge is 0.472 e. The summed E-state index contributed by atoms with van der Waals surface area (Å²) in [5.41, 5.74) is 0. The van der Waals surface area contributed by atoms with Gasteiger partial charge in [-0.15, -0.1) is 0 Å². The first-order valence-corrected chi connectivity index (χ1v) is 22.1. The van der Waals surface area contributed by atoms with Crippen molar-refractivity contribution in [3.8, 4) is 0 Å². The van der Waals surface area contributed by atoms with Crippen LogP contribution in [0.1, 0.15) is 194 Å². The zero-order valence-corrected chi connectivity index (χ0v) is 33.5. The number of aliphatic hydroxyl groups excluding tert-OH is 2. The lowest BCUT2D eigenvalue weighted by atomic mass is 10.0. The van der Waals surface area contributed by atoms with Gasteiger partial charge in [0.25, 0.3) is 0 Å². The molecule has 10 nitrogen and oxygen atoms in total. The number of carbonyl (C=O) groups is 2. The van der Waals surface area contributed by atoms with E-state index in [0.29, 0.717) is 12.8 Å². The van der Waals surface area contributed by atoms with Crippen LogP contribution in [-0.4, -0.2) is 65.7 Å². The minimum Gasteiger partial charge on any atom is -0.462 e. The number of allylic oxidation sites excluding steroid dienone is 2. The van der Waals surface area contributed by atoms with Crippen LogP contribution < -0.4 is 0 Å². The lowest BCUT2D eigenvalue weighted by Gasteiger charge is -2.20. The van der Waals surface area contributed by atoms with Gasteiger partial charge in [0.1, 0.15) is 12.7 Å². The maximum absolute atomic E-state index is 12.6. The van der Waals surface area contributed by atoms with Gasteiger partial charge in [-0.2, -0.15) is 0 Å². The van der Waals surface area contributed by atoms with Gasteiger partial charge in [-0.05, 0) is 38.5 Å². The number of carbonyl (C=O) groups excluding carboxylic acids is 2. The van der Waals surface area contributed by atoms with E-state index in [0.717, 1.165) is 57.8 Å². The number of ether oxygens (including phenoxy) is 2. The summed E-state index contributed by atoms with van der Waals surface area (Å²) >= 11 is 0. The van der Waals surface area contributed by atoms with E-state index in [2.05, 4.69) is 30.5 Å². The standard InChI is InChI=1S/C40H77O10P/c1-3-5-7-9-11-13-15-17-18-20-22-24-26-28-30-32-40(44)50-38(36-49-51(45,46)48-34-37(42)33-41)35-47-39(43)31-29-27-25-23-21-19-16-14-12-10-8-6-4-2/h17-18,37-38,41-42H,3-16,19-36H2,1-2H3,(H,45,46)/b18-17+/t37?,38-/m1/s1. The fourth-order valence-electron chi connectivity index (χ4n) is 5.69. The van der Waals surface area contributed by atoms with E-state index in [-0.39, 0.29) is 19.4 Å². The first kappa shape index (κ1) is 49.7. The Bertz CT molecular complexity index is 868. The lowest BCUT2D eigenvalue weighted by molar-refractivity contribution is -0.161. The molecule has 302 valence electrons. The third-order valence-electron chi connectivity index (χ3n) is 8.92. The maximum Gasteiger partial charge on any atom is 0.472 e. The smallest absolute Gasteiger partial charge is 0.462 e. The number of aliphatic hydroxyl groups is 2. The van der Waals surface area contributed by atoms with Crippen molar-refractivity contribution in [3.63, 3.8) is 0 Å². The predicted octanol–water partition coefficient (Wildman–Crippen LogP) is 10.4. The van der Waals surface area contributed by atoms with E-state index in [1.54, 1.807) is 0 Å². The van der Waals surface area contributed by atoms with Crippen molar-refractivity contribution in [2.45, 2.75) is 206 Å². The highest BCUT2D eigenvalue weighted by atomic mass is 31.2. The van der Waals surface area contributed by atoms with Crippen LogP contribution in [0.2, 0.25) is 0 Å². The average molecular weight is 749 g/mol. The number of hydrogen-bond donors (Lipinski definition) is 3. The molecule has 0 bridgehead atoms. The summed E-state index contributed by atoms with van der Waals surface area (Å²) in [6.45, 7) is 2.37. The Morgan fingerprint density at radius 3 is 1.41 bits per heavy atom. The van der Waals surface area contributed by atoms with Crippen LogP contribution in [0.4, 0.5) is 0 Å². The van der Waals surface area contributed by atoms with Gasteiger partial charge in [0.05, 0.1) is 19.8 Å². The Balaban J connectivity index is 4.32. The molecule has 0 radical (unpaired) electrons. The molecule has 0 heterocycles. The van der Waals surface area contributed by atoms with Crippen molar-refractivity contribution in [1.82, 2.24) is 0 Å². The number of phosphoric acid groups is 1. The molecule has 0 amide bonds. The lowest BCUT2D eigenvalue weighted by Crippen LogP contribution is -2.29. The molecule has 3 atom stereocenters. The van der Waals surface area contributed by atoms with Crippen LogP contribution in [0.25, 0.3) is 0 Å². The van der Waals surface area contributed by atoms with E-state index in [1.165, 1.54) is 96.3 Å². The molecular weight excluding hydrogens is 671 g/mol. The number of hydrogen-bond acceptors (Lipinski definition) is 9. The Morgan fingerprint density at radius 1 is 0.569 bits per heavy atom. The van der Waals surface area contributed by atoms with Crippen molar-refractivity contribution >= 4 is 19.8 Å². The molecule has 51 heavy (non-hydrogen) atoms. The molecule has 3 N–H and O–H groups in total. The van der Waals surface area contributed by atoms with E-state index in [4.69, 9.17) is 19.1 Å². The number of unbranched alkanes of at least 4 members (excludes halogenated alkanes) is 23. The normalized spacial score (nSPS) is 14.1. The molecule has 0 saturated heterocycles. The van der Waals surface area contributed by atoms with Gasteiger partial charge in [-0.25, -0.2) is 4.57 Å². The monoisotopic (exact) mass is 749 g/mol. The summed E-state index contributed by atoms with van der Waals surface area (Å²) in [6, 6.07) is 0. The second kappa shape index (κ2) is 37.0. The number of phosphoric ester groups is 1. The Labute approximate surface area is 311 Å². The molecule has 0 aliphatic rings. The fraction of sp³-hybridized carbons (Fsp3) is 0.900. The predicted molar refractivity (Wildman–Crippen MR) is 205 cm³/mol. The molecule has 2 unspecified atom stereocenters. The average Bonchev–Trinajstić information content (AvgIpc) is 3.12. The summed E-state index contributed by atoms with van der Waals surface area (Å²) in [5.74, 6) is -0.927. The summed E-state index contributed by atoms with van der Waals surface area (Å²) < 4.78 is 32.6. The van der Waals surface area contributed by atoms with Crippen molar-refractivity contribution in [3.05, 3.63) is 12.2 Å². The topological polar surface area (TPSA) is 149 Å². The van der Waals surface area contributed by atoms with E-state index < -0.39 is 51.8 Å². The maximum atomic E-state index is 12.6. The van der Waals surface area contributed by atoms with E-state index in [1.807, 2.05) is 0 Å². The van der Waals surface area contributed by atoms with Crippen molar-refractivity contribution in [2.24, 2.45) is 0 Å². The van der Waals surface area contributed by atoms with Crippen molar-refractivity contribution in [2.75, 3.05) is 26.4 Å². The molecule has 0 saturated carbocycles. The Hall–Kier alpha value is -1.29. The van der Waals surface area contributed by atoms with Crippen LogP contribution in [0.3, 0.4) is 0 Å². The second-order valence-corrected chi connectivity index (χ2v) is 15.5. The molecule has 0 rings (SSSR count). The molecule has 0 aliphatic heterocycles. The van der Waals surface area contributed by atoms with Crippen molar-refractivity contribution in [1.29, 1.82) is 0 Å². The van der Waals surface area contributed by atoms with Gasteiger partial charge in [0, 0.05) is 12.8 Å². The molecule has 0 aromatic rings. The first-order valence-electron chi connectivity index (χ1n) is 20.6. The van der Waals surface area contributed by atoms with Crippen LogP contribution >= 0.6 is 7.82 Å². The SMILES string of the molecule is CCCCCCCC/C=C/CCCCCCCC(=O)O[C@H](COC(=O)CCCCCCCCCCCCCCC)COP(=O)(O)OCC(O)CO. The van der Waals surface area contributed by atoms with E-state index >= 15 is 0 Å². The molecule has 11 heteroatoms. The van der Waals surface area contributed by atoms with Gasteiger partial charge < -0.3 is 24.6 Å². The van der Waals surface area contributed by atoms with Gasteiger partial charge >= 0.3 is 19.8 Å². The molecule has 0 aliphatic carbocycles. The molecule has 0 fully saturated rings. The van der Waals surface area contributed by atoms with Gasteiger partial charge in [-0.3, -0.25) is 18.6 Å². The van der Waals surface area contributed by atoms with Crippen LogP contribution in [-0.2, 0) is 32.7 Å². The highest BCUT2D eigenvalue weighted by Gasteiger charge is 2.27. The third-order valence-corrected chi connectivity index (χ3v) is 9.87. The Morgan fingerprint density at radius 2 is 0.961 bits per heavy atom. The zero-order chi connectivity index (χ0) is 37.7. The van der Waals surface area contributed by atoms with Crippen LogP contribution in [0.15, 0.2) is 12.2 Å². The minimum atomic E-state index is -4.61. The van der Waals surface area contributed by atoms with Gasteiger partial charge in [0.2, 0.25) is 0 Å². The molecule has 0 aromatic carbocycles. The second-order valence-electron chi connectivity index (χ2n) is 14.0. The summed E-state index contributed by atoms with van der Waals surface area (Å²) in [4.78, 5) is 34.9. The zero-order valence-electron chi connectivity index (χ0n) is 32.6. The van der Waals surface area contributed by atoms with Gasteiger partial charge in [0.15, 0.2) is 6.10 Å². The van der Waals surface area contributed by atoms with Gasteiger partial charge in [-0.1, -0.05) is 154 Å².